The van der Waals surface area contributed by atoms with Gasteiger partial charge in [-0.3, -0.25) is 0 Å². The van der Waals surface area contributed by atoms with Crippen molar-refractivity contribution in [3.63, 3.8) is 0 Å². The largest absolute Gasteiger partial charge is 0.313 e. The molecule has 0 bridgehead atoms. The van der Waals surface area contributed by atoms with Crippen LogP contribution in [0.3, 0.4) is 0 Å². The predicted molar refractivity (Wildman–Crippen MR) is 68.9 cm³/mol. The molecule has 1 saturated heterocycles. The van der Waals surface area contributed by atoms with Gasteiger partial charge < -0.3 is 5.32 Å². The number of sulfonamides is 1. The van der Waals surface area contributed by atoms with Gasteiger partial charge in [0.2, 0.25) is 10.0 Å². The third-order valence-electron chi connectivity index (χ3n) is 2.52. The molecule has 1 aliphatic heterocycles. The van der Waals surface area contributed by atoms with Crippen molar-refractivity contribution in [2.24, 2.45) is 0 Å². The predicted octanol–water partition coefficient (Wildman–Crippen LogP) is 1.38. The van der Waals surface area contributed by atoms with Crippen molar-refractivity contribution in [2.45, 2.75) is 11.8 Å². The van der Waals surface area contributed by atoms with Gasteiger partial charge in [0, 0.05) is 34.7 Å². The third kappa shape index (κ3) is 3.33. The molecule has 2 N–H and O–H groups in total. The van der Waals surface area contributed by atoms with E-state index in [9.17, 15) is 8.42 Å². The van der Waals surface area contributed by atoms with Crippen LogP contribution in [0.4, 0.5) is 0 Å². The zero-order valence-corrected chi connectivity index (χ0v) is 11.2. The molecular formula is C10H12Cl2N2O2S. The molecule has 0 atom stereocenters. The highest BCUT2D eigenvalue weighted by Gasteiger charge is 2.24. The van der Waals surface area contributed by atoms with Crippen molar-refractivity contribution in [2.75, 3.05) is 13.1 Å². The number of hydrogen-bond acceptors (Lipinski definition) is 3. The summed E-state index contributed by atoms with van der Waals surface area (Å²) in [4.78, 5) is 0. The minimum atomic E-state index is -3.40. The van der Waals surface area contributed by atoms with Crippen molar-refractivity contribution >= 4 is 33.2 Å². The van der Waals surface area contributed by atoms with E-state index in [0.29, 0.717) is 28.7 Å². The molecule has 0 aliphatic carbocycles. The topological polar surface area (TPSA) is 58.2 Å². The summed E-state index contributed by atoms with van der Waals surface area (Å²) in [7, 11) is -3.40. The maximum atomic E-state index is 11.9. The van der Waals surface area contributed by atoms with E-state index in [-0.39, 0.29) is 11.8 Å². The van der Waals surface area contributed by atoms with Crippen LogP contribution in [0, 0.1) is 0 Å². The van der Waals surface area contributed by atoms with E-state index in [1.54, 1.807) is 18.2 Å². The number of hydrogen-bond donors (Lipinski definition) is 2. The van der Waals surface area contributed by atoms with E-state index in [1.807, 2.05) is 0 Å². The first-order chi connectivity index (χ1) is 7.98. The maximum absolute atomic E-state index is 11.9. The van der Waals surface area contributed by atoms with Crippen LogP contribution in [0.25, 0.3) is 0 Å². The standard InChI is InChI=1S/C10H12Cl2N2O2S/c11-9-2-1-3-10(12)8(9)6-17(15,16)14-7-4-13-5-7/h1-3,7,13-14H,4-6H2. The molecule has 7 heteroatoms. The van der Waals surface area contributed by atoms with Gasteiger partial charge in [0.25, 0.3) is 0 Å². The Morgan fingerprint density at radius 1 is 1.29 bits per heavy atom. The lowest BCUT2D eigenvalue weighted by molar-refractivity contribution is 0.410. The smallest absolute Gasteiger partial charge is 0.216 e. The number of rotatable bonds is 4. The van der Waals surface area contributed by atoms with Gasteiger partial charge in [-0.1, -0.05) is 29.3 Å². The van der Waals surface area contributed by atoms with Gasteiger partial charge in [0.05, 0.1) is 5.75 Å². The summed E-state index contributed by atoms with van der Waals surface area (Å²) >= 11 is 11.9. The Kier molecular flexibility index (Phi) is 3.95. The Hall–Kier alpha value is -0.330. The molecule has 4 nitrogen and oxygen atoms in total. The van der Waals surface area contributed by atoms with Crippen LogP contribution in [-0.4, -0.2) is 27.5 Å². The SMILES string of the molecule is O=S(=O)(Cc1c(Cl)cccc1Cl)NC1CNC1. The Morgan fingerprint density at radius 2 is 1.88 bits per heavy atom. The molecule has 0 aromatic heterocycles. The van der Waals surface area contributed by atoms with Crippen LogP contribution in [0.1, 0.15) is 5.56 Å². The fourth-order valence-electron chi connectivity index (χ4n) is 1.53. The molecule has 1 heterocycles. The van der Waals surface area contributed by atoms with Gasteiger partial charge in [-0.15, -0.1) is 0 Å². The zero-order valence-electron chi connectivity index (χ0n) is 8.91. The van der Waals surface area contributed by atoms with Crippen molar-refractivity contribution in [1.29, 1.82) is 0 Å². The van der Waals surface area contributed by atoms with Crippen LogP contribution < -0.4 is 10.0 Å². The molecule has 0 unspecified atom stereocenters. The first kappa shape index (κ1) is 13.1. The highest BCUT2D eigenvalue weighted by atomic mass is 35.5. The second-order valence-corrected chi connectivity index (χ2v) is 6.50. The Labute approximate surface area is 110 Å². The van der Waals surface area contributed by atoms with E-state index >= 15 is 0 Å². The maximum Gasteiger partial charge on any atom is 0.216 e. The van der Waals surface area contributed by atoms with E-state index in [0.717, 1.165) is 0 Å². The molecular weight excluding hydrogens is 283 g/mol. The normalized spacial score (nSPS) is 16.8. The third-order valence-corrected chi connectivity index (χ3v) is 4.59. The zero-order chi connectivity index (χ0) is 12.5. The average molecular weight is 295 g/mol. The van der Waals surface area contributed by atoms with E-state index in [1.165, 1.54) is 0 Å². The molecule has 17 heavy (non-hydrogen) atoms. The lowest BCUT2D eigenvalue weighted by Gasteiger charge is -2.27. The fourth-order valence-corrected chi connectivity index (χ4v) is 3.67. The first-order valence-corrected chi connectivity index (χ1v) is 7.52. The highest BCUT2D eigenvalue weighted by Crippen LogP contribution is 2.26. The lowest BCUT2D eigenvalue weighted by Crippen LogP contribution is -2.57. The summed E-state index contributed by atoms with van der Waals surface area (Å²) < 4.78 is 26.3. The first-order valence-electron chi connectivity index (χ1n) is 5.11. The molecule has 94 valence electrons. The monoisotopic (exact) mass is 294 g/mol. The summed E-state index contributed by atoms with van der Waals surface area (Å²) in [6.45, 7) is 1.32. The highest BCUT2D eigenvalue weighted by molar-refractivity contribution is 7.88. The number of benzene rings is 1. The van der Waals surface area contributed by atoms with Gasteiger partial charge in [-0.2, -0.15) is 0 Å². The van der Waals surface area contributed by atoms with Crippen LogP contribution in [-0.2, 0) is 15.8 Å². The van der Waals surface area contributed by atoms with Gasteiger partial charge in [-0.05, 0) is 12.1 Å². The minimum absolute atomic E-state index is 0.0266. The summed E-state index contributed by atoms with van der Waals surface area (Å²) in [6, 6.07) is 4.91. The second kappa shape index (κ2) is 5.12. The minimum Gasteiger partial charge on any atom is -0.313 e. The van der Waals surface area contributed by atoms with Crippen LogP contribution in [0.15, 0.2) is 18.2 Å². The molecule has 1 aliphatic rings. The quantitative estimate of drug-likeness (QED) is 0.882. The summed E-state index contributed by atoms with van der Waals surface area (Å²) in [5, 5.41) is 3.73. The van der Waals surface area contributed by atoms with Gasteiger partial charge >= 0.3 is 0 Å². The molecule has 0 saturated carbocycles. The van der Waals surface area contributed by atoms with Crippen LogP contribution >= 0.6 is 23.2 Å². The number of halogens is 2. The molecule has 1 aromatic carbocycles. The molecule has 2 rings (SSSR count). The Bertz CT molecular complexity index is 495. The van der Waals surface area contributed by atoms with Gasteiger partial charge in [0.1, 0.15) is 0 Å². The number of nitrogens with one attached hydrogen (secondary N) is 2. The molecule has 1 aromatic rings. The van der Waals surface area contributed by atoms with Crippen molar-refractivity contribution in [3.8, 4) is 0 Å². The van der Waals surface area contributed by atoms with Crippen molar-refractivity contribution in [1.82, 2.24) is 10.0 Å². The van der Waals surface area contributed by atoms with Crippen molar-refractivity contribution in [3.05, 3.63) is 33.8 Å². The summed E-state index contributed by atoms with van der Waals surface area (Å²) in [5.41, 5.74) is 0.440. The summed E-state index contributed by atoms with van der Waals surface area (Å²) in [6.07, 6.45) is 0. The van der Waals surface area contributed by atoms with Crippen molar-refractivity contribution < 1.29 is 8.42 Å². The Morgan fingerprint density at radius 3 is 2.35 bits per heavy atom. The Balaban J connectivity index is 2.13. The lowest BCUT2D eigenvalue weighted by atomic mass is 10.2. The van der Waals surface area contributed by atoms with E-state index in [2.05, 4.69) is 10.0 Å². The fraction of sp³-hybridized carbons (Fsp3) is 0.400. The molecule has 1 fully saturated rings. The van der Waals surface area contributed by atoms with E-state index < -0.39 is 10.0 Å². The second-order valence-electron chi connectivity index (χ2n) is 3.93. The van der Waals surface area contributed by atoms with Gasteiger partial charge in [0.15, 0.2) is 0 Å². The van der Waals surface area contributed by atoms with Crippen LogP contribution in [0.5, 0.6) is 0 Å². The van der Waals surface area contributed by atoms with E-state index in [4.69, 9.17) is 23.2 Å². The summed E-state index contributed by atoms with van der Waals surface area (Å²) in [5.74, 6) is -0.192. The average Bonchev–Trinajstić information content (AvgIpc) is 2.18. The molecule has 0 amide bonds. The van der Waals surface area contributed by atoms with Gasteiger partial charge in [-0.25, -0.2) is 13.1 Å². The molecule has 0 spiro atoms. The molecule has 0 radical (unpaired) electrons. The van der Waals surface area contributed by atoms with Crippen LogP contribution in [0.2, 0.25) is 10.0 Å².